The number of carbonyl (C=O) groups is 3. The van der Waals surface area contributed by atoms with Gasteiger partial charge in [-0.2, -0.15) is 0 Å². The number of benzene rings is 2. The first-order chi connectivity index (χ1) is 12.9. The van der Waals surface area contributed by atoms with Crippen LogP contribution in [0.4, 0.5) is 5.69 Å². The van der Waals surface area contributed by atoms with Crippen LogP contribution in [-0.2, 0) is 9.59 Å². The van der Waals surface area contributed by atoms with Gasteiger partial charge in [-0.05, 0) is 48.9 Å². The number of hydrazine groups is 1. The van der Waals surface area contributed by atoms with Gasteiger partial charge in [-0.3, -0.25) is 25.2 Å². The summed E-state index contributed by atoms with van der Waals surface area (Å²) in [5.74, 6) is -1.54. The van der Waals surface area contributed by atoms with Gasteiger partial charge in [-0.25, -0.2) is 0 Å². The fraction of sp³-hybridized carbons (Fsp3) is 0.211. The lowest BCUT2D eigenvalue weighted by molar-refractivity contribution is -0.126. The van der Waals surface area contributed by atoms with Gasteiger partial charge < -0.3 is 4.90 Å². The highest BCUT2D eigenvalue weighted by atomic mass is 79.9. The SMILES string of the molecule is Cc1c(Cl)cccc1N1C[C@@H](C(=O)NNC(=O)c2ccc(Br)cc2)CC1=O. The van der Waals surface area contributed by atoms with Crippen molar-refractivity contribution < 1.29 is 14.4 Å². The molecule has 2 aromatic rings. The van der Waals surface area contributed by atoms with Crippen LogP contribution in [0.1, 0.15) is 22.3 Å². The average Bonchev–Trinajstić information content (AvgIpc) is 3.04. The second kappa shape index (κ2) is 8.10. The van der Waals surface area contributed by atoms with Crippen molar-refractivity contribution in [3.05, 3.63) is 63.1 Å². The minimum absolute atomic E-state index is 0.0753. The van der Waals surface area contributed by atoms with E-state index in [0.717, 1.165) is 10.0 Å². The molecule has 0 unspecified atom stereocenters. The van der Waals surface area contributed by atoms with E-state index in [9.17, 15) is 14.4 Å². The Balaban J connectivity index is 1.61. The zero-order chi connectivity index (χ0) is 19.6. The van der Waals surface area contributed by atoms with Crippen molar-refractivity contribution in [2.45, 2.75) is 13.3 Å². The van der Waals surface area contributed by atoms with E-state index < -0.39 is 17.7 Å². The molecule has 0 aliphatic carbocycles. The van der Waals surface area contributed by atoms with Gasteiger partial charge in [-0.1, -0.05) is 33.6 Å². The normalized spacial score (nSPS) is 16.3. The summed E-state index contributed by atoms with van der Waals surface area (Å²) in [6, 6.07) is 12.1. The molecule has 3 rings (SSSR count). The molecule has 3 amide bonds. The summed E-state index contributed by atoms with van der Waals surface area (Å²) in [5.41, 5.74) is 6.68. The molecule has 27 heavy (non-hydrogen) atoms. The number of nitrogens with one attached hydrogen (secondary N) is 2. The summed E-state index contributed by atoms with van der Waals surface area (Å²) >= 11 is 9.42. The minimum Gasteiger partial charge on any atom is -0.311 e. The van der Waals surface area contributed by atoms with E-state index in [4.69, 9.17) is 11.6 Å². The topological polar surface area (TPSA) is 78.5 Å². The average molecular weight is 451 g/mol. The molecule has 1 heterocycles. The monoisotopic (exact) mass is 449 g/mol. The number of amides is 3. The number of anilines is 1. The third-order valence-corrected chi connectivity index (χ3v) is 5.37. The Kier molecular flexibility index (Phi) is 5.82. The molecule has 6 nitrogen and oxygen atoms in total. The van der Waals surface area contributed by atoms with Crippen molar-refractivity contribution in [2.75, 3.05) is 11.4 Å². The number of carbonyl (C=O) groups excluding carboxylic acids is 3. The van der Waals surface area contributed by atoms with Gasteiger partial charge in [0.2, 0.25) is 11.8 Å². The molecule has 1 fully saturated rings. The summed E-state index contributed by atoms with van der Waals surface area (Å²) in [7, 11) is 0. The molecule has 2 N–H and O–H groups in total. The van der Waals surface area contributed by atoms with E-state index in [2.05, 4.69) is 26.8 Å². The fourth-order valence-electron chi connectivity index (χ4n) is 2.90. The van der Waals surface area contributed by atoms with Crippen LogP contribution in [0.5, 0.6) is 0 Å². The van der Waals surface area contributed by atoms with Crippen LogP contribution in [0.3, 0.4) is 0 Å². The van der Waals surface area contributed by atoms with E-state index >= 15 is 0 Å². The van der Waals surface area contributed by atoms with Gasteiger partial charge >= 0.3 is 0 Å². The molecule has 1 aliphatic rings. The van der Waals surface area contributed by atoms with Crippen molar-refractivity contribution in [1.82, 2.24) is 10.9 Å². The molecule has 0 radical (unpaired) electrons. The van der Waals surface area contributed by atoms with Gasteiger partial charge in [0.05, 0.1) is 5.92 Å². The van der Waals surface area contributed by atoms with Crippen molar-refractivity contribution in [3.63, 3.8) is 0 Å². The maximum absolute atomic E-state index is 12.4. The lowest BCUT2D eigenvalue weighted by Gasteiger charge is -2.19. The van der Waals surface area contributed by atoms with Crippen LogP contribution in [-0.4, -0.2) is 24.3 Å². The van der Waals surface area contributed by atoms with Gasteiger partial charge in [0.25, 0.3) is 5.91 Å². The summed E-state index contributed by atoms with van der Waals surface area (Å²) in [4.78, 5) is 38.4. The Morgan fingerprint density at radius 3 is 2.56 bits per heavy atom. The molecule has 8 heteroatoms. The Bertz CT molecular complexity index is 902. The fourth-order valence-corrected chi connectivity index (χ4v) is 3.33. The highest BCUT2D eigenvalue weighted by molar-refractivity contribution is 9.10. The first-order valence-corrected chi connectivity index (χ1v) is 9.45. The van der Waals surface area contributed by atoms with Crippen molar-refractivity contribution in [2.24, 2.45) is 5.92 Å². The number of nitrogens with zero attached hydrogens (tertiary/aromatic N) is 1. The number of hydrogen-bond acceptors (Lipinski definition) is 3. The van der Waals surface area contributed by atoms with Crippen LogP contribution in [0.25, 0.3) is 0 Å². The zero-order valence-electron chi connectivity index (χ0n) is 14.5. The van der Waals surface area contributed by atoms with E-state index in [-0.39, 0.29) is 18.9 Å². The van der Waals surface area contributed by atoms with Gasteiger partial charge in [0.1, 0.15) is 0 Å². The third kappa shape index (κ3) is 4.31. The zero-order valence-corrected chi connectivity index (χ0v) is 16.8. The molecular weight excluding hydrogens is 434 g/mol. The van der Waals surface area contributed by atoms with Gasteiger partial charge in [0, 0.05) is 33.7 Å². The van der Waals surface area contributed by atoms with Crippen molar-refractivity contribution in [1.29, 1.82) is 0 Å². The standard InChI is InChI=1S/C19H17BrClN3O3/c1-11-15(21)3-2-4-16(11)24-10-13(9-17(24)25)19(27)23-22-18(26)12-5-7-14(20)8-6-12/h2-8,13H,9-10H2,1H3,(H,22,26)(H,23,27)/t13-/m0/s1. The quantitative estimate of drug-likeness (QED) is 0.705. The highest BCUT2D eigenvalue weighted by Crippen LogP contribution is 2.31. The Labute approximate surface area is 170 Å². The van der Waals surface area contributed by atoms with Crippen LogP contribution in [0, 0.1) is 12.8 Å². The molecular formula is C19H17BrClN3O3. The molecule has 140 valence electrons. The summed E-state index contributed by atoms with van der Waals surface area (Å²) in [6.07, 6.45) is 0.0753. The van der Waals surface area contributed by atoms with E-state index in [1.165, 1.54) is 0 Å². The van der Waals surface area contributed by atoms with Crippen LogP contribution in [0.15, 0.2) is 46.9 Å². The molecule has 1 saturated heterocycles. The molecule has 0 spiro atoms. The summed E-state index contributed by atoms with van der Waals surface area (Å²) < 4.78 is 0.851. The van der Waals surface area contributed by atoms with Crippen LogP contribution in [0.2, 0.25) is 5.02 Å². The number of hydrogen-bond donors (Lipinski definition) is 2. The lowest BCUT2D eigenvalue weighted by Crippen LogP contribution is -2.45. The Hall–Kier alpha value is -2.38. The molecule has 2 aromatic carbocycles. The van der Waals surface area contributed by atoms with Crippen molar-refractivity contribution in [3.8, 4) is 0 Å². The Morgan fingerprint density at radius 1 is 1.15 bits per heavy atom. The maximum Gasteiger partial charge on any atom is 0.269 e. The summed E-state index contributed by atoms with van der Waals surface area (Å²) in [6.45, 7) is 2.07. The van der Waals surface area contributed by atoms with E-state index in [0.29, 0.717) is 16.3 Å². The second-order valence-electron chi connectivity index (χ2n) is 6.24. The third-order valence-electron chi connectivity index (χ3n) is 4.43. The van der Waals surface area contributed by atoms with Crippen LogP contribution < -0.4 is 15.8 Å². The molecule has 0 bridgehead atoms. The van der Waals surface area contributed by atoms with Crippen LogP contribution >= 0.6 is 27.5 Å². The predicted molar refractivity (Wildman–Crippen MR) is 106 cm³/mol. The maximum atomic E-state index is 12.4. The molecule has 0 aromatic heterocycles. The first-order valence-electron chi connectivity index (χ1n) is 8.28. The van der Waals surface area contributed by atoms with Gasteiger partial charge in [-0.15, -0.1) is 0 Å². The number of halogens is 2. The van der Waals surface area contributed by atoms with Crippen molar-refractivity contribution >= 4 is 50.9 Å². The smallest absolute Gasteiger partial charge is 0.269 e. The lowest BCUT2D eigenvalue weighted by atomic mass is 10.1. The molecule has 0 saturated carbocycles. The summed E-state index contributed by atoms with van der Waals surface area (Å²) in [5, 5.41) is 0.565. The first kappa shape index (κ1) is 19.4. The number of rotatable bonds is 3. The largest absolute Gasteiger partial charge is 0.311 e. The van der Waals surface area contributed by atoms with E-state index in [1.54, 1.807) is 47.4 Å². The molecule has 1 atom stereocenters. The van der Waals surface area contributed by atoms with E-state index in [1.807, 2.05) is 6.92 Å². The predicted octanol–water partition coefficient (Wildman–Crippen LogP) is 3.23. The highest BCUT2D eigenvalue weighted by Gasteiger charge is 2.36. The van der Waals surface area contributed by atoms with Gasteiger partial charge in [0.15, 0.2) is 0 Å². The minimum atomic E-state index is -0.555. The Morgan fingerprint density at radius 2 is 1.85 bits per heavy atom. The second-order valence-corrected chi connectivity index (χ2v) is 7.56. The molecule has 1 aliphatic heterocycles.